The van der Waals surface area contributed by atoms with Crippen LogP contribution >= 0.6 is 0 Å². The van der Waals surface area contributed by atoms with Gasteiger partial charge in [0, 0.05) is 39.1 Å². The van der Waals surface area contributed by atoms with Gasteiger partial charge < -0.3 is 10.2 Å². The van der Waals surface area contributed by atoms with E-state index < -0.39 is 0 Å². The molecule has 0 aromatic rings. The zero-order valence-electron chi connectivity index (χ0n) is 15.2. The van der Waals surface area contributed by atoms with Crippen LogP contribution in [0.5, 0.6) is 0 Å². The Morgan fingerprint density at radius 3 is 2.23 bits per heavy atom. The first-order chi connectivity index (χ1) is 10.6. The summed E-state index contributed by atoms with van der Waals surface area (Å²) in [4.78, 5) is 16.7. The first-order valence-electron chi connectivity index (χ1n) is 9.36. The minimum atomic E-state index is 0.361. The summed E-state index contributed by atoms with van der Waals surface area (Å²) in [5.74, 6) is 1.85. The molecular weight excluding hydrogens is 274 g/mol. The summed E-state index contributed by atoms with van der Waals surface area (Å²) in [6, 6.07) is 0. The van der Waals surface area contributed by atoms with E-state index in [-0.39, 0.29) is 0 Å². The predicted octanol–water partition coefficient (Wildman–Crippen LogP) is 2.59. The van der Waals surface area contributed by atoms with E-state index >= 15 is 0 Å². The second kappa shape index (κ2) is 11.0. The van der Waals surface area contributed by atoms with Crippen molar-refractivity contribution in [3.63, 3.8) is 0 Å². The van der Waals surface area contributed by atoms with Crippen LogP contribution in [0.2, 0.25) is 0 Å². The summed E-state index contributed by atoms with van der Waals surface area (Å²) in [5, 5.41) is 3.43. The minimum Gasteiger partial charge on any atom is -0.340 e. The maximum absolute atomic E-state index is 12.1. The van der Waals surface area contributed by atoms with Crippen LogP contribution in [0.4, 0.5) is 0 Å². The lowest BCUT2D eigenvalue weighted by Gasteiger charge is -2.37. The van der Waals surface area contributed by atoms with Crippen molar-refractivity contribution in [2.45, 2.75) is 53.4 Å². The van der Waals surface area contributed by atoms with Crippen LogP contribution in [0.1, 0.15) is 53.4 Å². The van der Waals surface area contributed by atoms with Crippen LogP contribution in [-0.4, -0.2) is 61.5 Å². The van der Waals surface area contributed by atoms with Gasteiger partial charge in [0.05, 0.1) is 0 Å². The minimum absolute atomic E-state index is 0.361. The van der Waals surface area contributed by atoms with Crippen molar-refractivity contribution in [2.24, 2.45) is 11.8 Å². The van der Waals surface area contributed by atoms with Crippen LogP contribution in [0.3, 0.4) is 0 Å². The number of hydrogen-bond donors (Lipinski definition) is 1. The van der Waals surface area contributed by atoms with Gasteiger partial charge in [0.1, 0.15) is 0 Å². The van der Waals surface area contributed by atoms with E-state index in [9.17, 15) is 4.79 Å². The number of nitrogens with zero attached hydrogens (tertiary/aromatic N) is 2. The highest BCUT2D eigenvalue weighted by molar-refractivity contribution is 5.76. The highest BCUT2D eigenvalue weighted by Gasteiger charge is 2.23. The maximum atomic E-state index is 12.1. The maximum Gasteiger partial charge on any atom is 0.222 e. The van der Waals surface area contributed by atoms with Crippen molar-refractivity contribution in [3.05, 3.63) is 0 Å². The van der Waals surface area contributed by atoms with Gasteiger partial charge in [0.15, 0.2) is 0 Å². The van der Waals surface area contributed by atoms with E-state index in [1.807, 2.05) is 13.8 Å². The van der Waals surface area contributed by atoms with E-state index in [1.54, 1.807) is 0 Å². The van der Waals surface area contributed by atoms with E-state index in [0.29, 0.717) is 11.8 Å². The molecule has 1 amide bonds. The lowest BCUT2D eigenvalue weighted by Crippen LogP contribution is -2.50. The second-order valence-electron chi connectivity index (χ2n) is 6.81. The number of carbonyl (C=O) groups excluding carboxylic acids is 1. The first-order valence-corrected chi connectivity index (χ1v) is 9.36. The van der Waals surface area contributed by atoms with Gasteiger partial charge in [-0.15, -0.1) is 0 Å². The normalized spacial score (nSPS) is 20.7. The molecule has 22 heavy (non-hydrogen) atoms. The molecule has 130 valence electrons. The van der Waals surface area contributed by atoms with Gasteiger partial charge in [0.25, 0.3) is 0 Å². The summed E-state index contributed by atoms with van der Waals surface area (Å²) in [7, 11) is 0. The number of nitrogens with one attached hydrogen (secondary N) is 1. The highest BCUT2D eigenvalue weighted by atomic mass is 16.2. The Hall–Kier alpha value is -0.610. The Balaban J connectivity index is 0.00000116. The fourth-order valence-electron chi connectivity index (χ4n) is 3.18. The molecule has 0 radical (unpaired) electrons. The van der Waals surface area contributed by atoms with Crippen LogP contribution < -0.4 is 5.32 Å². The van der Waals surface area contributed by atoms with Gasteiger partial charge in [-0.1, -0.05) is 27.7 Å². The molecule has 2 fully saturated rings. The quantitative estimate of drug-likeness (QED) is 0.848. The fourth-order valence-corrected chi connectivity index (χ4v) is 3.18. The Morgan fingerprint density at radius 2 is 1.68 bits per heavy atom. The molecule has 0 spiro atoms. The number of piperidine rings is 1. The van der Waals surface area contributed by atoms with Crippen molar-refractivity contribution < 1.29 is 4.79 Å². The van der Waals surface area contributed by atoms with E-state index in [2.05, 4.69) is 29.0 Å². The Morgan fingerprint density at radius 1 is 1.09 bits per heavy atom. The molecule has 2 heterocycles. The third-order valence-electron chi connectivity index (χ3n) is 4.64. The number of amides is 1. The van der Waals surface area contributed by atoms with E-state index in [1.165, 1.54) is 32.5 Å². The lowest BCUT2D eigenvalue weighted by molar-refractivity contribution is -0.133. The van der Waals surface area contributed by atoms with Crippen molar-refractivity contribution in [2.75, 3.05) is 45.8 Å². The van der Waals surface area contributed by atoms with Crippen molar-refractivity contribution in [1.82, 2.24) is 15.1 Å². The van der Waals surface area contributed by atoms with E-state index in [0.717, 1.165) is 44.9 Å². The molecule has 0 bridgehead atoms. The smallest absolute Gasteiger partial charge is 0.222 e. The third kappa shape index (κ3) is 7.10. The molecule has 0 aliphatic carbocycles. The molecular formula is C18H37N3O. The van der Waals surface area contributed by atoms with E-state index in [4.69, 9.17) is 0 Å². The topological polar surface area (TPSA) is 35.6 Å². The molecule has 0 aromatic heterocycles. The monoisotopic (exact) mass is 311 g/mol. The summed E-state index contributed by atoms with van der Waals surface area (Å²) in [6.07, 6.45) is 4.38. The number of hydrogen-bond acceptors (Lipinski definition) is 3. The average Bonchev–Trinajstić information content (AvgIpc) is 2.56. The number of carbonyl (C=O) groups is 1. The molecule has 0 aromatic carbocycles. The Kier molecular flexibility index (Phi) is 9.73. The van der Waals surface area contributed by atoms with Crippen LogP contribution in [0.15, 0.2) is 0 Å². The van der Waals surface area contributed by atoms with Gasteiger partial charge in [-0.2, -0.15) is 0 Å². The molecule has 2 aliphatic heterocycles. The lowest BCUT2D eigenvalue weighted by atomic mass is 9.97. The molecule has 2 aliphatic rings. The number of rotatable bonds is 5. The highest BCUT2D eigenvalue weighted by Crippen LogP contribution is 2.15. The molecule has 0 saturated carbocycles. The third-order valence-corrected chi connectivity index (χ3v) is 4.64. The van der Waals surface area contributed by atoms with Crippen LogP contribution in [0.25, 0.3) is 0 Å². The van der Waals surface area contributed by atoms with Gasteiger partial charge in [-0.05, 0) is 44.2 Å². The zero-order valence-corrected chi connectivity index (χ0v) is 15.2. The van der Waals surface area contributed by atoms with Crippen molar-refractivity contribution in [1.29, 1.82) is 0 Å². The molecule has 4 heteroatoms. The molecule has 4 nitrogen and oxygen atoms in total. The van der Waals surface area contributed by atoms with Gasteiger partial charge in [0.2, 0.25) is 5.91 Å². The van der Waals surface area contributed by atoms with Crippen molar-refractivity contribution in [3.8, 4) is 0 Å². The Labute approximate surface area is 137 Å². The summed E-state index contributed by atoms with van der Waals surface area (Å²) in [6.45, 7) is 16.0. The van der Waals surface area contributed by atoms with Gasteiger partial charge in [-0.25, -0.2) is 0 Å². The first kappa shape index (κ1) is 19.4. The predicted molar refractivity (Wildman–Crippen MR) is 94.0 cm³/mol. The van der Waals surface area contributed by atoms with Gasteiger partial charge >= 0.3 is 0 Å². The molecule has 2 saturated heterocycles. The summed E-state index contributed by atoms with van der Waals surface area (Å²) >= 11 is 0. The largest absolute Gasteiger partial charge is 0.340 e. The molecule has 2 rings (SSSR count). The van der Waals surface area contributed by atoms with Crippen molar-refractivity contribution >= 4 is 5.91 Å². The molecule has 0 atom stereocenters. The Bertz CT molecular complexity index is 293. The number of piperazine rings is 1. The van der Waals surface area contributed by atoms with Crippen LogP contribution in [-0.2, 0) is 4.79 Å². The van der Waals surface area contributed by atoms with Gasteiger partial charge in [-0.3, -0.25) is 9.69 Å². The second-order valence-corrected chi connectivity index (χ2v) is 6.81. The zero-order chi connectivity index (χ0) is 16.4. The molecule has 1 N–H and O–H groups in total. The SMILES string of the molecule is CC.CC(C)CCC(=O)N1CCN(CC2CCNCC2)CC1. The summed E-state index contributed by atoms with van der Waals surface area (Å²) < 4.78 is 0. The van der Waals surface area contributed by atoms with Crippen LogP contribution in [0, 0.1) is 11.8 Å². The standard InChI is InChI=1S/C16H31N3O.C2H6/c1-14(2)3-4-16(20)19-11-9-18(10-12-19)13-15-5-7-17-8-6-15;1-2/h14-15,17H,3-13H2,1-2H3;1-2H3. The average molecular weight is 312 g/mol. The fraction of sp³-hybridized carbons (Fsp3) is 0.944. The molecule has 0 unspecified atom stereocenters. The summed E-state index contributed by atoms with van der Waals surface area (Å²) in [5.41, 5.74) is 0.